The minimum absolute atomic E-state index is 0.00411. The van der Waals surface area contributed by atoms with E-state index in [1.54, 1.807) is 0 Å². The molecule has 0 amide bonds. The molecule has 0 radical (unpaired) electrons. The van der Waals surface area contributed by atoms with E-state index in [-0.39, 0.29) is 22.8 Å². The first-order chi connectivity index (χ1) is 11.1. The summed E-state index contributed by atoms with van der Waals surface area (Å²) >= 11 is 2.62. The van der Waals surface area contributed by atoms with Crippen LogP contribution < -0.4 is 11.1 Å². The van der Waals surface area contributed by atoms with E-state index in [0.29, 0.717) is 16.0 Å². The van der Waals surface area contributed by atoms with Crippen molar-refractivity contribution >= 4 is 34.0 Å². The molecule has 8 heteroatoms. The number of thioether (sulfide) groups is 1. The molecule has 0 aliphatic rings. The summed E-state index contributed by atoms with van der Waals surface area (Å²) in [5.41, 5.74) is 6.90. The molecule has 0 saturated heterocycles. The third-order valence-corrected chi connectivity index (χ3v) is 4.82. The lowest BCUT2D eigenvalue weighted by Gasteiger charge is -2.01. The second-order valence-electron chi connectivity index (χ2n) is 4.59. The monoisotopic (exact) mass is 345 g/mol. The number of rotatable bonds is 7. The molecule has 0 saturated carbocycles. The van der Waals surface area contributed by atoms with Crippen LogP contribution >= 0.6 is 23.1 Å². The van der Waals surface area contributed by atoms with Gasteiger partial charge < -0.3 is 11.1 Å². The number of hydrogen-bond donors (Lipinski definition) is 2. The van der Waals surface area contributed by atoms with Gasteiger partial charge in [0.05, 0.1) is 5.75 Å². The Morgan fingerprint density at radius 1 is 1.39 bits per heavy atom. The van der Waals surface area contributed by atoms with E-state index in [1.165, 1.54) is 30.0 Å². The number of anilines is 1. The van der Waals surface area contributed by atoms with Gasteiger partial charge in [0.2, 0.25) is 5.13 Å². The summed E-state index contributed by atoms with van der Waals surface area (Å²) in [6, 6.07) is 11.8. The first-order valence-electron chi connectivity index (χ1n) is 6.74. The quantitative estimate of drug-likeness (QED) is 0.451. The minimum Gasteiger partial charge on any atom is -0.401 e. The van der Waals surface area contributed by atoms with Gasteiger partial charge in [-0.1, -0.05) is 53.4 Å². The summed E-state index contributed by atoms with van der Waals surface area (Å²) in [5, 5.41) is 20.8. The first-order valence-corrected chi connectivity index (χ1v) is 8.54. The van der Waals surface area contributed by atoms with Crippen molar-refractivity contribution in [3.8, 4) is 6.07 Å². The van der Waals surface area contributed by atoms with Crippen molar-refractivity contribution in [3.63, 3.8) is 0 Å². The second-order valence-corrected chi connectivity index (χ2v) is 6.79. The van der Waals surface area contributed by atoms with Gasteiger partial charge in [0.1, 0.15) is 11.6 Å². The molecule has 3 N–H and O–H groups in total. The van der Waals surface area contributed by atoms with Crippen molar-refractivity contribution < 1.29 is 4.79 Å². The number of ketones is 1. The summed E-state index contributed by atoms with van der Waals surface area (Å²) in [5.74, 6) is -0.184. The molecular weight excluding hydrogens is 330 g/mol. The lowest BCUT2D eigenvalue weighted by molar-refractivity contribution is -0.112. The average Bonchev–Trinajstić information content (AvgIpc) is 3.00. The van der Waals surface area contributed by atoms with Crippen molar-refractivity contribution in [2.75, 3.05) is 11.1 Å². The van der Waals surface area contributed by atoms with E-state index in [2.05, 4.69) is 15.5 Å². The van der Waals surface area contributed by atoms with Crippen molar-refractivity contribution in [3.05, 3.63) is 47.2 Å². The SMILES string of the molecule is CC(N)=C(C#N)C(=O)CSc1nnc(NCc2ccccc2)s1. The summed E-state index contributed by atoms with van der Waals surface area (Å²) in [6.07, 6.45) is 0. The number of benzene rings is 1. The fraction of sp³-hybridized carbons (Fsp3) is 0.200. The van der Waals surface area contributed by atoms with Crippen LogP contribution in [-0.2, 0) is 11.3 Å². The first kappa shape index (κ1) is 17.0. The van der Waals surface area contributed by atoms with Crippen LogP contribution in [0.3, 0.4) is 0 Å². The molecule has 6 nitrogen and oxygen atoms in total. The van der Waals surface area contributed by atoms with Crippen LogP contribution in [-0.4, -0.2) is 21.7 Å². The highest BCUT2D eigenvalue weighted by atomic mass is 32.2. The smallest absolute Gasteiger partial charge is 0.206 e. The Balaban J connectivity index is 1.87. The van der Waals surface area contributed by atoms with Crippen LogP contribution in [0.4, 0.5) is 5.13 Å². The molecule has 0 spiro atoms. The maximum Gasteiger partial charge on any atom is 0.206 e. The molecule has 1 aromatic heterocycles. The predicted molar refractivity (Wildman–Crippen MR) is 91.9 cm³/mol. The van der Waals surface area contributed by atoms with E-state index in [0.717, 1.165) is 5.56 Å². The molecule has 2 aromatic rings. The molecule has 23 heavy (non-hydrogen) atoms. The number of nitriles is 1. The second kappa shape index (κ2) is 8.31. The predicted octanol–water partition coefficient (Wildman–Crippen LogP) is 2.57. The third kappa shape index (κ3) is 5.09. The van der Waals surface area contributed by atoms with E-state index in [4.69, 9.17) is 11.0 Å². The van der Waals surface area contributed by atoms with Crippen LogP contribution in [0.25, 0.3) is 0 Å². The Labute approximate surface area is 142 Å². The number of carbonyl (C=O) groups is 1. The number of carbonyl (C=O) groups excluding carboxylic acids is 1. The van der Waals surface area contributed by atoms with Gasteiger partial charge in [0.25, 0.3) is 0 Å². The standard InChI is InChI=1S/C15H15N5OS2/c1-10(17)12(7-16)13(21)9-22-15-20-19-14(23-15)18-8-11-5-3-2-4-6-11/h2-6H,8-9,17H2,1H3,(H,18,19). The summed E-state index contributed by atoms with van der Waals surface area (Å²) in [4.78, 5) is 11.9. The molecular formula is C15H15N5OS2. The van der Waals surface area contributed by atoms with Gasteiger partial charge >= 0.3 is 0 Å². The van der Waals surface area contributed by atoms with Crippen LogP contribution in [0, 0.1) is 11.3 Å². The van der Waals surface area contributed by atoms with Gasteiger partial charge in [0.15, 0.2) is 10.1 Å². The van der Waals surface area contributed by atoms with Crippen molar-refractivity contribution in [1.29, 1.82) is 5.26 Å². The summed E-state index contributed by atoms with van der Waals surface area (Å²) in [6.45, 7) is 2.20. The molecule has 0 unspecified atom stereocenters. The molecule has 0 fully saturated rings. The fourth-order valence-corrected chi connectivity index (χ4v) is 3.30. The summed E-state index contributed by atoms with van der Waals surface area (Å²) in [7, 11) is 0. The Morgan fingerprint density at radius 3 is 2.78 bits per heavy atom. The molecule has 0 atom stereocenters. The number of nitrogens with two attached hydrogens (primary N) is 1. The Morgan fingerprint density at radius 2 is 2.13 bits per heavy atom. The minimum atomic E-state index is -0.300. The Hall–Kier alpha value is -2.37. The number of nitrogens with one attached hydrogen (secondary N) is 1. The number of allylic oxidation sites excluding steroid dienone is 2. The Kier molecular flexibility index (Phi) is 6.14. The van der Waals surface area contributed by atoms with Gasteiger partial charge in [-0.2, -0.15) is 5.26 Å². The zero-order valence-electron chi connectivity index (χ0n) is 12.4. The zero-order valence-corrected chi connectivity index (χ0v) is 14.1. The molecule has 0 aliphatic carbocycles. The van der Waals surface area contributed by atoms with Gasteiger partial charge in [0, 0.05) is 12.2 Å². The van der Waals surface area contributed by atoms with Gasteiger partial charge in [-0.25, -0.2) is 0 Å². The topological polar surface area (TPSA) is 105 Å². The Bertz CT molecular complexity index is 745. The fourth-order valence-electron chi connectivity index (χ4n) is 1.68. The largest absolute Gasteiger partial charge is 0.401 e. The van der Waals surface area contributed by atoms with Crippen molar-refractivity contribution in [1.82, 2.24) is 10.2 Å². The molecule has 0 bridgehead atoms. The van der Waals surface area contributed by atoms with Gasteiger partial charge in [-0.05, 0) is 12.5 Å². The van der Waals surface area contributed by atoms with E-state index < -0.39 is 0 Å². The average molecular weight is 345 g/mol. The molecule has 1 heterocycles. The normalized spacial score (nSPS) is 11.5. The van der Waals surface area contributed by atoms with E-state index >= 15 is 0 Å². The zero-order chi connectivity index (χ0) is 16.7. The highest BCUT2D eigenvalue weighted by Gasteiger charge is 2.13. The van der Waals surface area contributed by atoms with Gasteiger partial charge in [-0.3, -0.25) is 4.79 Å². The lowest BCUT2D eigenvalue weighted by atomic mass is 10.2. The highest BCUT2D eigenvalue weighted by molar-refractivity contribution is 8.01. The number of nitrogens with zero attached hydrogens (tertiary/aromatic N) is 3. The van der Waals surface area contributed by atoms with Crippen LogP contribution in [0.5, 0.6) is 0 Å². The van der Waals surface area contributed by atoms with E-state index in [9.17, 15) is 4.79 Å². The van der Waals surface area contributed by atoms with Crippen LogP contribution in [0.15, 0.2) is 45.9 Å². The van der Waals surface area contributed by atoms with E-state index in [1.807, 2.05) is 36.4 Å². The number of Topliss-reactive ketones (excluding diaryl/α,β-unsaturated/α-hetero) is 1. The number of aromatic nitrogens is 2. The molecule has 1 aromatic carbocycles. The molecule has 2 rings (SSSR count). The van der Waals surface area contributed by atoms with Crippen molar-refractivity contribution in [2.24, 2.45) is 5.73 Å². The molecule has 118 valence electrons. The third-order valence-electron chi connectivity index (χ3n) is 2.80. The van der Waals surface area contributed by atoms with Gasteiger partial charge in [-0.15, -0.1) is 10.2 Å². The van der Waals surface area contributed by atoms with Crippen LogP contribution in [0.2, 0.25) is 0 Å². The van der Waals surface area contributed by atoms with Crippen molar-refractivity contribution in [2.45, 2.75) is 17.8 Å². The van der Waals surface area contributed by atoms with Crippen LogP contribution in [0.1, 0.15) is 12.5 Å². The number of hydrogen-bond acceptors (Lipinski definition) is 8. The maximum atomic E-state index is 11.9. The maximum absolute atomic E-state index is 11.9. The summed E-state index contributed by atoms with van der Waals surface area (Å²) < 4.78 is 0.667. The molecule has 0 aliphatic heterocycles. The lowest BCUT2D eigenvalue weighted by Crippen LogP contribution is -2.10. The highest BCUT2D eigenvalue weighted by Crippen LogP contribution is 2.26.